The second-order valence-corrected chi connectivity index (χ2v) is 6.07. The van der Waals surface area contributed by atoms with E-state index in [1.807, 2.05) is 41.5 Å². The Morgan fingerprint density at radius 3 is 1.89 bits per heavy atom. The third-order valence-corrected chi connectivity index (χ3v) is 2.83. The smallest absolute Gasteiger partial charge is 0.311 e. The van der Waals surface area contributed by atoms with E-state index < -0.39 is 12.7 Å². The summed E-state index contributed by atoms with van der Waals surface area (Å²) in [7, 11) is 0. The molecule has 0 amide bonds. The van der Waals surface area contributed by atoms with Gasteiger partial charge in [-0.3, -0.25) is 4.90 Å². The molecule has 0 aliphatic carbocycles. The topological polar surface area (TPSA) is 15.3 Å². The average Bonchev–Trinajstić information content (AvgIpc) is 2.13. The van der Waals surface area contributed by atoms with E-state index in [0.717, 1.165) is 0 Å². The number of nitrogens with one attached hydrogen (secondary N) is 1. The zero-order valence-corrected chi connectivity index (χ0v) is 12.4. The zero-order valence-electron chi connectivity index (χ0n) is 12.4. The third kappa shape index (κ3) is 7.93. The van der Waals surface area contributed by atoms with Crippen LogP contribution in [0.4, 0.5) is 13.2 Å². The predicted molar refractivity (Wildman–Crippen MR) is 69.7 cm³/mol. The minimum absolute atomic E-state index is 0.0751. The molecule has 0 aliphatic rings. The summed E-state index contributed by atoms with van der Waals surface area (Å²) in [5.41, 5.74) is -0.0751. The summed E-state index contributed by atoms with van der Waals surface area (Å²) < 4.78 is 37.7. The van der Waals surface area contributed by atoms with Crippen LogP contribution < -0.4 is 5.32 Å². The predicted octanol–water partition coefficient (Wildman–Crippen LogP) is 3.43. The Morgan fingerprint density at radius 2 is 1.61 bits per heavy atom. The first kappa shape index (κ1) is 17.7. The van der Waals surface area contributed by atoms with Crippen LogP contribution in [0.15, 0.2) is 0 Å². The summed E-state index contributed by atoms with van der Waals surface area (Å²) in [4.78, 5) is 1.53. The maximum absolute atomic E-state index is 12.6. The number of hydrogen-bond donors (Lipinski definition) is 1. The fourth-order valence-corrected chi connectivity index (χ4v) is 1.86. The second kappa shape index (κ2) is 6.75. The number of nitrogens with zero attached hydrogens (tertiary/aromatic N) is 1. The molecule has 1 N–H and O–H groups in total. The van der Waals surface area contributed by atoms with Crippen molar-refractivity contribution in [2.45, 2.75) is 71.8 Å². The molecule has 0 fully saturated rings. The maximum atomic E-state index is 12.6. The van der Waals surface area contributed by atoms with Crippen molar-refractivity contribution in [1.29, 1.82) is 0 Å². The minimum atomic E-state index is -4.14. The van der Waals surface area contributed by atoms with Crippen LogP contribution in [0.3, 0.4) is 0 Å². The highest BCUT2D eigenvalue weighted by Gasteiger charge is 2.34. The molecule has 2 nitrogen and oxygen atoms in total. The molecular formula is C13H27F3N2. The highest BCUT2D eigenvalue weighted by atomic mass is 19.4. The highest BCUT2D eigenvalue weighted by Crippen LogP contribution is 2.21. The van der Waals surface area contributed by atoms with Gasteiger partial charge in [0.1, 0.15) is 0 Å². The largest absolute Gasteiger partial charge is 0.401 e. The zero-order chi connectivity index (χ0) is 14.6. The molecule has 0 spiro atoms. The van der Waals surface area contributed by atoms with Crippen LogP contribution in [0.2, 0.25) is 0 Å². The lowest BCUT2D eigenvalue weighted by atomic mass is 10.1. The van der Waals surface area contributed by atoms with Gasteiger partial charge in [-0.25, -0.2) is 0 Å². The molecule has 0 aromatic rings. The summed E-state index contributed by atoms with van der Waals surface area (Å²) in [5.74, 6) is 0. The van der Waals surface area contributed by atoms with Crippen molar-refractivity contribution in [2.24, 2.45) is 0 Å². The van der Waals surface area contributed by atoms with Crippen LogP contribution >= 0.6 is 0 Å². The van der Waals surface area contributed by atoms with Gasteiger partial charge in [-0.2, -0.15) is 13.2 Å². The summed E-state index contributed by atoms with van der Waals surface area (Å²) in [6, 6.07) is -0.204. The summed E-state index contributed by atoms with van der Waals surface area (Å²) >= 11 is 0. The Bertz CT molecular complexity index is 231. The quantitative estimate of drug-likeness (QED) is 0.794. The van der Waals surface area contributed by atoms with Crippen molar-refractivity contribution in [2.75, 3.05) is 13.1 Å². The molecule has 0 bridgehead atoms. The molecule has 0 aromatic carbocycles. The molecular weight excluding hydrogens is 241 g/mol. The number of hydrogen-bond acceptors (Lipinski definition) is 2. The van der Waals surface area contributed by atoms with Gasteiger partial charge in [-0.15, -0.1) is 0 Å². The monoisotopic (exact) mass is 268 g/mol. The van der Waals surface area contributed by atoms with E-state index in [2.05, 4.69) is 5.32 Å². The molecule has 1 atom stereocenters. The number of halogens is 3. The molecule has 5 heteroatoms. The molecule has 1 unspecified atom stereocenters. The Balaban J connectivity index is 4.63. The summed E-state index contributed by atoms with van der Waals surface area (Å²) in [5, 5.41) is 3.28. The van der Waals surface area contributed by atoms with Crippen molar-refractivity contribution >= 4 is 0 Å². The molecule has 110 valence electrons. The van der Waals surface area contributed by atoms with Crippen LogP contribution in [-0.4, -0.2) is 41.8 Å². The normalized spacial score (nSPS) is 15.5. The van der Waals surface area contributed by atoms with Gasteiger partial charge in [-0.1, -0.05) is 6.92 Å². The van der Waals surface area contributed by atoms with Gasteiger partial charge in [0.15, 0.2) is 0 Å². The first-order valence-corrected chi connectivity index (χ1v) is 6.53. The molecule has 0 aliphatic heterocycles. The Labute approximate surface area is 109 Å². The molecule has 0 aromatic heterocycles. The van der Waals surface area contributed by atoms with Crippen molar-refractivity contribution < 1.29 is 13.2 Å². The van der Waals surface area contributed by atoms with Crippen LogP contribution in [0.1, 0.15) is 48.0 Å². The minimum Gasteiger partial charge on any atom is -0.311 e. The van der Waals surface area contributed by atoms with Crippen molar-refractivity contribution in [1.82, 2.24) is 10.2 Å². The third-order valence-electron chi connectivity index (χ3n) is 2.83. The fraction of sp³-hybridized carbons (Fsp3) is 1.00. The molecule has 0 radical (unpaired) electrons. The SMILES string of the molecule is CCC(CNC(C)(C)C)N(CC(F)(F)F)C(C)C. The van der Waals surface area contributed by atoms with Crippen LogP contribution in [-0.2, 0) is 0 Å². The molecule has 0 saturated carbocycles. The van der Waals surface area contributed by atoms with E-state index in [9.17, 15) is 13.2 Å². The van der Waals surface area contributed by atoms with Gasteiger partial charge in [0.25, 0.3) is 0 Å². The Morgan fingerprint density at radius 1 is 1.11 bits per heavy atom. The lowest BCUT2D eigenvalue weighted by molar-refractivity contribution is -0.155. The van der Waals surface area contributed by atoms with Gasteiger partial charge in [0.05, 0.1) is 6.54 Å². The number of rotatable bonds is 6. The van der Waals surface area contributed by atoms with E-state index in [0.29, 0.717) is 13.0 Å². The van der Waals surface area contributed by atoms with Gasteiger partial charge in [-0.05, 0) is 41.0 Å². The first-order valence-electron chi connectivity index (χ1n) is 6.53. The molecule has 0 saturated heterocycles. The standard InChI is InChI=1S/C13H27F3N2/c1-7-11(8-17-12(4,5)6)18(10(2)3)9-13(14,15)16/h10-11,17H,7-9H2,1-6H3. The molecule has 0 heterocycles. The lowest BCUT2D eigenvalue weighted by Gasteiger charge is -2.36. The summed E-state index contributed by atoms with van der Waals surface area (Å²) in [6.45, 7) is 11.3. The van der Waals surface area contributed by atoms with Crippen LogP contribution in [0, 0.1) is 0 Å². The highest BCUT2D eigenvalue weighted by molar-refractivity contribution is 4.81. The Kier molecular flexibility index (Phi) is 6.65. The second-order valence-electron chi connectivity index (χ2n) is 6.07. The summed E-state index contributed by atoms with van der Waals surface area (Å²) in [6.07, 6.45) is -3.43. The van der Waals surface area contributed by atoms with Crippen molar-refractivity contribution in [3.63, 3.8) is 0 Å². The van der Waals surface area contributed by atoms with Crippen molar-refractivity contribution in [3.05, 3.63) is 0 Å². The first-order chi connectivity index (χ1) is 7.96. The fourth-order valence-electron chi connectivity index (χ4n) is 1.86. The van der Waals surface area contributed by atoms with Crippen LogP contribution in [0.25, 0.3) is 0 Å². The van der Waals surface area contributed by atoms with E-state index in [1.54, 1.807) is 0 Å². The number of alkyl halides is 3. The van der Waals surface area contributed by atoms with Crippen molar-refractivity contribution in [3.8, 4) is 0 Å². The maximum Gasteiger partial charge on any atom is 0.401 e. The van der Waals surface area contributed by atoms with Gasteiger partial charge < -0.3 is 5.32 Å². The van der Waals surface area contributed by atoms with Crippen LogP contribution in [0.5, 0.6) is 0 Å². The van der Waals surface area contributed by atoms with E-state index >= 15 is 0 Å². The van der Waals surface area contributed by atoms with E-state index in [4.69, 9.17) is 0 Å². The van der Waals surface area contributed by atoms with Gasteiger partial charge >= 0.3 is 6.18 Å². The average molecular weight is 268 g/mol. The lowest BCUT2D eigenvalue weighted by Crippen LogP contribution is -2.52. The van der Waals surface area contributed by atoms with E-state index in [-0.39, 0.29) is 17.6 Å². The van der Waals surface area contributed by atoms with E-state index in [1.165, 1.54) is 4.90 Å². The van der Waals surface area contributed by atoms with Gasteiger partial charge in [0.2, 0.25) is 0 Å². The molecule has 18 heavy (non-hydrogen) atoms. The van der Waals surface area contributed by atoms with Gasteiger partial charge in [0, 0.05) is 24.2 Å². The Hall–Kier alpha value is -0.290. The molecule has 0 rings (SSSR count).